The monoisotopic (exact) mass is 430 g/mol. The van der Waals surface area contributed by atoms with E-state index in [9.17, 15) is 14.3 Å². The van der Waals surface area contributed by atoms with Gasteiger partial charge in [0.1, 0.15) is 17.9 Å². The fourth-order valence-corrected chi connectivity index (χ4v) is 8.31. The van der Waals surface area contributed by atoms with E-state index in [0.717, 1.165) is 6.42 Å². The van der Waals surface area contributed by atoms with Gasteiger partial charge in [-0.3, -0.25) is 4.79 Å². The van der Waals surface area contributed by atoms with Crippen LogP contribution in [0, 0.1) is 40.4 Å². The highest BCUT2D eigenvalue weighted by molar-refractivity contribution is 5.98. The van der Waals surface area contributed by atoms with Crippen LogP contribution in [-0.2, 0) is 9.53 Å². The topological polar surface area (TPSA) is 49.8 Å². The Morgan fingerprint density at radius 3 is 2.68 bits per heavy atom. The van der Waals surface area contributed by atoms with E-state index in [0.29, 0.717) is 41.4 Å². The number of hydrogen-bond acceptors (Lipinski definition) is 3. The third-order valence-corrected chi connectivity index (χ3v) is 10.3. The first-order valence-electron chi connectivity index (χ1n) is 12.4. The second-order valence-corrected chi connectivity index (χ2v) is 12.3. The first-order valence-corrected chi connectivity index (χ1v) is 12.4. The standard InChI is InChI=1S/C27H39FO3/c1-15(6-11-22(30)25(2,3)28)18-9-10-19-17-8-7-16-14-21(29)23-24(31-23)27(16,5)20(17)12-13-26(18,19)4/h7-8,14-15,17-20,22-24,30H,6,9-13H2,1-5H3/t15-,17+,18-,19+,20+,22?,23?,24?,26-,27+/m1/s1. The molecule has 4 aliphatic carbocycles. The van der Waals surface area contributed by atoms with Gasteiger partial charge in [0, 0.05) is 5.41 Å². The lowest BCUT2D eigenvalue weighted by molar-refractivity contribution is -0.116. The van der Waals surface area contributed by atoms with Crippen molar-refractivity contribution in [1.29, 1.82) is 0 Å². The Labute approximate surface area is 186 Å². The molecule has 4 heteroatoms. The Balaban J connectivity index is 1.35. The van der Waals surface area contributed by atoms with E-state index < -0.39 is 11.8 Å². The van der Waals surface area contributed by atoms with Gasteiger partial charge >= 0.3 is 0 Å². The lowest BCUT2D eigenvalue weighted by atomic mass is 9.48. The lowest BCUT2D eigenvalue weighted by Crippen LogP contribution is -2.51. The second kappa shape index (κ2) is 7.00. The molecule has 0 aromatic heterocycles. The van der Waals surface area contributed by atoms with Gasteiger partial charge in [0.05, 0.1) is 6.10 Å². The molecule has 172 valence electrons. The number of carbonyl (C=O) groups is 1. The Hall–Kier alpha value is -1.00. The van der Waals surface area contributed by atoms with Gasteiger partial charge < -0.3 is 9.84 Å². The van der Waals surface area contributed by atoms with E-state index >= 15 is 0 Å². The van der Waals surface area contributed by atoms with E-state index in [1.165, 1.54) is 45.1 Å². The summed E-state index contributed by atoms with van der Waals surface area (Å²) < 4.78 is 20.0. The Kier molecular flexibility index (Phi) is 4.93. The molecule has 0 radical (unpaired) electrons. The van der Waals surface area contributed by atoms with Gasteiger partial charge in [-0.25, -0.2) is 4.39 Å². The molecule has 10 atom stereocenters. The number of carbonyl (C=O) groups excluding carboxylic acids is 1. The van der Waals surface area contributed by atoms with Crippen molar-refractivity contribution in [2.24, 2.45) is 40.4 Å². The molecule has 31 heavy (non-hydrogen) atoms. The molecule has 1 heterocycles. The third kappa shape index (κ3) is 3.14. The predicted octanol–water partition coefficient (Wildman–Crippen LogP) is 5.42. The summed E-state index contributed by atoms with van der Waals surface area (Å²) in [5.41, 5.74) is -0.0726. The van der Waals surface area contributed by atoms with Crippen LogP contribution in [0.4, 0.5) is 4.39 Å². The van der Waals surface area contributed by atoms with Gasteiger partial charge in [-0.05, 0) is 99.0 Å². The molecular formula is C27H39FO3. The summed E-state index contributed by atoms with van der Waals surface area (Å²) in [5, 5.41) is 10.2. The molecule has 0 aromatic carbocycles. The minimum absolute atomic E-state index is 0.0279. The molecule has 1 aliphatic heterocycles. The molecule has 3 unspecified atom stereocenters. The maximum absolute atomic E-state index is 14.1. The van der Waals surface area contributed by atoms with Gasteiger partial charge in [-0.2, -0.15) is 0 Å². The van der Waals surface area contributed by atoms with Crippen LogP contribution >= 0.6 is 0 Å². The van der Waals surface area contributed by atoms with Crippen LogP contribution in [0.15, 0.2) is 23.8 Å². The molecule has 5 rings (SSSR count). The Morgan fingerprint density at radius 2 is 1.97 bits per heavy atom. The fraction of sp³-hybridized carbons (Fsp3) is 0.815. The molecule has 1 saturated heterocycles. The summed E-state index contributed by atoms with van der Waals surface area (Å²) in [5.74, 6) is 3.02. The van der Waals surface area contributed by atoms with Crippen LogP contribution in [0.25, 0.3) is 0 Å². The summed E-state index contributed by atoms with van der Waals surface area (Å²) >= 11 is 0. The lowest BCUT2D eigenvalue weighted by Gasteiger charge is -2.56. The first-order chi connectivity index (χ1) is 14.5. The maximum Gasteiger partial charge on any atom is 0.187 e. The summed E-state index contributed by atoms with van der Waals surface area (Å²) in [4.78, 5) is 12.2. The van der Waals surface area contributed by atoms with Crippen LogP contribution in [0.5, 0.6) is 0 Å². The number of rotatable bonds is 5. The maximum atomic E-state index is 14.1. The second-order valence-electron chi connectivity index (χ2n) is 12.3. The number of aliphatic hydroxyl groups is 1. The summed E-state index contributed by atoms with van der Waals surface area (Å²) in [6.07, 6.45) is 11.8. The highest BCUT2D eigenvalue weighted by Gasteiger charge is 2.66. The molecule has 0 aromatic rings. The van der Waals surface area contributed by atoms with Gasteiger partial charge in [0.25, 0.3) is 0 Å². The number of alkyl halides is 1. The van der Waals surface area contributed by atoms with Gasteiger partial charge in [0.15, 0.2) is 5.78 Å². The van der Waals surface area contributed by atoms with Gasteiger partial charge in [0.2, 0.25) is 0 Å². The number of ether oxygens (including phenoxy) is 1. The average Bonchev–Trinajstić information content (AvgIpc) is 3.44. The number of aliphatic hydroxyl groups excluding tert-OH is 1. The van der Waals surface area contributed by atoms with E-state index in [-0.39, 0.29) is 23.4 Å². The smallest absolute Gasteiger partial charge is 0.187 e. The van der Waals surface area contributed by atoms with Crippen molar-refractivity contribution in [2.75, 3.05) is 0 Å². The highest BCUT2D eigenvalue weighted by Crippen LogP contribution is 2.68. The van der Waals surface area contributed by atoms with Gasteiger partial charge in [-0.15, -0.1) is 0 Å². The molecule has 0 bridgehead atoms. The SMILES string of the molecule is C[C@H](CCC(O)C(C)(C)F)[C@H]1CC[C@H]2[C@@H]3C=CC4=CC(=O)C5OC5[C@]4(C)[C@H]3CC[C@]12C. The average molecular weight is 431 g/mol. The third-order valence-electron chi connectivity index (χ3n) is 10.3. The van der Waals surface area contributed by atoms with Crippen LogP contribution in [0.3, 0.4) is 0 Å². The van der Waals surface area contributed by atoms with E-state index in [2.05, 4.69) is 32.9 Å². The number of allylic oxidation sites excluding steroid dienone is 2. The zero-order valence-electron chi connectivity index (χ0n) is 19.7. The number of epoxide rings is 1. The van der Waals surface area contributed by atoms with Crippen molar-refractivity contribution in [3.63, 3.8) is 0 Å². The molecule has 0 spiro atoms. The number of ketones is 1. The van der Waals surface area contributed by atoms with E-state index in [1.54, 1.807) is 0 Å². The van der Waals surface area contributed by atoms with Crippen LogP contribution in [0.1, 0.15) is 73.1 Å². The first kappa shape index (κ1) is 21.8. The van der Waals surface area contributed by atoms with Crippen molar-refractivity contribution >= 4 is 5.78 Å². The molecule has 3 fully saturated rings. The molecular weight excluding hydrogens is 391 g/mol. The summed E-state index contributed by atoms with van der Waals surface area (Å²) in [6, 6.07) is 0. The molecule has 3 nitrogen and oxygen atoms in total. The Bertz CT molecular complexity index is 825. The quantitative estimate of drug-likeness (QED) is 0.592. The van der Waals surface area contributed by atoms with Crippen LogP contribution in [0.2, 0.25) is 0 Å². The normalized spacial score (nSPS) is 47.6. The Morgan fingerprint density at radius 1 is 1.23 bits per heavy atom. The summed E-state index contributed by atoms with van der Waals surface area (Å²) in [6.45, 7) is 10.1. The minimum atomic E-state index is -1.53. The summed E-state index contributed by atoms with van der Waals surface area (Å²) in [7, 11) is 0. The number of fused-ring (bicyclic) bond motifs is 7. The molecule has 5 aliphatic rings. The van der Waals surface area contributed by atoms with Crippen molar-refractivity contribution < 1.29 is 19.0 Å². The largest absolute Gasteiger partial charge is 0.390 e. The fourth-order valence-electron chi connectivity index (χ4n) is 8.31. The van der Waals surface area contributed by atoms with Crippen molar-refractivity contribution in [3.05, 3.63) is 23.8 Å². The molecule has 2 saturated carbocycles. The van der Waals surface area contributed by atoms with Crippen molar-refractivity contribution in [2.45, 2.75) is 97.1 Å². The number of halogens is 1. The molecule has 1 N–H and O–H groups in total. The van der Waals surface area contributed by atoms with E-state index in [4.69, 9.17) is 4.74 Å². The van der Waals surface area contributed by atoms with Crippen molar-refractivity contribution in [1.82, 2.24) is 0 Å². The molecule has 0 amide bonds. The highest BCUT2D eigenvalue weighted by atomic mass is 19.1. The van der Waals surface area contributed by atoms with Gasteiger partial charge in [-0.1, -0.05) is 32.9 Å². The zero-order chi connectivity index (χ0) is 22.3. The van der Waals surface area contributed by atoms with Crippen LogP contribution < -0.4 is 0 Å². The van der Waals surface area contributed by atoms with E-state index in [1.807, 2.05) is 6.08 Å². The zero-order valence-corrected chi connectivity index (χ0v) is 19.7. The van der Waals surface area contributed by atoms with Crippen LogP contribution in [-0.4, -0.2) is 34.9 Å². The predicted molar refractivity (Wildman–Crippen MR) is 119 cm³/mol. The number of hydrogen-bond donors (Lipinski definition) is 1. The van der Waals surface area contributed by atoms with Crippen molar-refractivity contribution in [3.8, 4) is 0 Å². The minimum Gasteiger partial charge on any atom is -0.390 e.